The molecule has 1 nitrogen and oxygen atoms in total. The third kappa shape index (κ3) is 4.53. The molecule has 116 valence electrons. The fourth-order valence-electron chi connectivity index (χ4n) is 2.18. The smallest absolute Gasteiger partial charge is 0.0659 e. The number of aromatic nitrogens is 1. The topological polar surface area (TPSA) is 4.93 Å². The molecule has 0 aliphatic rings. The second kappa shape index (κ2) is 10.3. The van der Waals surface area contributed by atoms with Crippen molar-refractivity contribution in [3.63, 3.8) is 0 Å². The number of nitrogens with zero attached hydrogens (tertiary/aromatic N) is 1. The van der Waals surface area contributed by atoms with E-state index in [4.69, 9.17) is 0 Å². The van der Waals surface area contributed by atoms with Crippen molar-refractivity contribution in [2.45, 2.75) is 47.4 Å². The summed E-state index contributed by atoms with van der Waals surface area (Å²) in [6.07, 6.45) is 5.85. The molecule has 0 unspecified atom stereocenters. The third-order valence-electron chi connectivity index (χ3n) is 3.05. The van der Waals surface area contributed by atoms with Gasteiger partial charge in [0.2, 0.25) is 0 Å². The predicted octanol–water partition coefficient (Wildman–Crippen LogP) is 6.40. The van der Waals surface area contributed by atoms with E-state index in [9.17, 15) is 0 Å². The lowest BCUT2D eigenvalue weighted by molar-refractivity contribution is 0.929. The van der Waals surface area contributed by atoms with Gasteiger partial charge in [-0.15, -0.1) is 0 Å². The Bertz CT molecular complexity index is 591. The summed E-state index contributed by atoms with van der Waals surface area (Å²) in [6.45, 7) is 16.0. The Hall–Kier alpha value is -1.41. The van der Waals surface area contributed by atoms with Crippen LogP contribution in [0.25, 0.3) is 17.0 Å². The molecule has 2 aromatic rings. The highest BCUT2D eigenvalue weighted by atomic mass is 32.1. The van der Waals surface area contributed by atoms with Crippen molar-refractivity contribution in [3.05, 3.63) is 53.8 Å². The quantitative estimate of drug-likeness (QED) is 0.494. The van der Waals surface area contributed by atoms with Gasteiger partial charge in [-0.1, -0.05) is 58.1 Å². The van der Waals surface area contributed by atoms with Crippen LogP contribution in [0.3, 0.4) is 0 Å². The van der Waals surface area contributed by atoms with Crippen molar-refractivity contribution in [2.75, 3.05) is 0 Å². The van der Waals surface area contributed by atoms with Gasteiger partial charge in [-0.2, -0.15) is 12.6 Å². The molecule has 1 aromatic heterocycles. The van der Waals surface area contributed by atoms with Gasteiger partial charge in [0.25, 0.3) is 0 Å². The zero-order valence-corrected chi connectivity index (χ0v) is 15.2. The maximum atomic E-state index is 4.42. The summed E-state index contributed by atoms with van der Waals surface area (Å²) in [5, 5.41) is 1.31. The number of hydrogen-bond acceptors (Lipinski definition) is 1. The zero-order valence-electron chi connectivity index (χ0n) is 14.3. The maximum absolute atomic E-state index is 4.42. The number of fused-ring (bicyclic) bond motifs is 1. The van der Waals surface area contributed by atoms with Crippen LogP contribution in [-0.4, -0.2) is 4.57 Å². The lowest BCUT2D eigenvalue weighted by Gasteiger charge is -2.04. The highest BCUT2D eigenvalue weighted by Gasteiger charge is 2.10. The Kier molecular flexibility index (Phi) is 9.64. The van der Waals surface area contributed by atoms with E-state index in [-0.39, 0.29) is 0 Å². The van der Waals surface area contributed by atoms with E-state index in [0.29, 0.717) is 5.88 Å². The fraction of sp³-hybridized carbons (Fsp3) is 0.368. The Morgan fingerprint density at radius 1 is 1.14 bits per heavy atom. The average molecular weight is 304 g/mol. The van der Waals surface area contributed by atoms with Crippen LogP contribution in [0.2, 0.25) is 0 Å². The molecule has 0 atom stereocenters. The molecule has 0 bridgehead atoms. The van der Waals surface area contributed by atoms with Crippen molar-refractivity contribution >= 4 is 29.6 Å². The number of rotatable bonds is 3. The second-order valence-corrected chi connectivity index (χ2v) is 4.48. The lowest BCUT2D eigenvalue weighted by atomic mass is 10.1. The van der Waals surface area contributed by atoms with Gasteiger partial charge in [0.1, 0.15) is 0 Å². The first kappa shape index (κ1) is 19.6. The number of allylic oxidation sites excluding steroid dienone is 2. The third-order valence-corrected chi connectivity index (χ3v) is 3.34. The van der Waals surface area contributed by atoms with Crippen molar-refractivity contribution in [1.82, 2.24) is 4.57 Å². The van der Waals surface area contributed by atoms with Crippen molar-refractivity contribution in [2.24, 2.45) is 0 Å². The molecular formula is C19H29NS. The molecular weight excluding hydrogens is 274 g/mol. The first-order valence-corrected chi connectivity index (χ1v) is 8.31. The second-order valence-electron chi connectivity index (χ2n) is 4.20. The molecule has 0 N–H and O–H groups in total. The molecule has 0 saturated carbocycles. The SMILES string of the molecule is C=C/C=C\c1c(C)c2cc(C)ccc2n1CS.CC.CC. The summed E-state index contributed by atoms with van der Waals surface area (Å²) in [7, 11) is 0. The summed E-state index contributed by atoms with van der Waals surface area (Å²) >= 11 is 4.42. The van der Waals surface area contributed by atoms with Crippen LogP contribution in [-0.2, 0) is 5.88 Å². The van der Waals surface area contributed by atoms with E-state index in [1.807, 2.05) is 33.8 Å². The maximum Gasteiger partial charge on any atom is 0.0659 e. The Morgan fingerprint density at radius 3 is 2.29 bits per heavy atom. The van der Waals surface area contributed by atoms with Crippen LogP contribution in [0, 0.1) is 13.8 Å². The van der Waals surface area contributed by atoms with Gasteiger partial charge >= 0.3 is 0 Å². The normalized spacial score (nSPS) is 9.86. The summed E-state index contributed by atoms with van der Waals surface area (Å²) in [5.41, 5.74) is 5.04. The summed E-state index contributed by atoms with van der Waals surface area (Å²) < 4.78 is 2.22. The molecule has 0 aliphatic carbocycles. The van der Waals surface area contributed by atoms with Gasteiger partial charge in [0, 0.05) is 16.6 Å². The van der Waals surface area contributed by atoms with E-state index in [0.717, 1.165) is 0 Å². The lowest BCUT2D eigenvalue weighted by Crippen LogP contribution is -1.94. The monoisotopic (exact) mass is 303 g/mol. The molecule has 0 radical (unpaired) electrons. The first-order chi connectivity index (χ1) is 10.2. The van der Waals surface area contributed by atoms with Gasteiger partial charge in [-0.25, -0.2) is 0 Å². The minimum atomic E-state index is 0.685. The highest BCUT2D eigenvalue weighted by molar-refractivity contribution is 7.79. The van der Waals surface area contributed by atoms with Gasteiger partial charge in [0.15, 0.2) is 0 Å². The van der Waals surface area contributed by atoms with Crippen molar-refractivity contribution in [3.8, 4) is 0 Å². The van der Waals surface area contributed by atoms with Crippen LogP contribution in [0.1, 0.15) is 44.5 Å². The van der Waals surface area contributed by atoms with Crippen LogP contribution >= 0.6 is 12.6 Å². The Balaban J connectivity index is 0.000000921. The van der Waals surface area contributed by atoms with E-state index in [2.05, 4.69) is 61.9 Å². The van der Waals surface area contributed by atoms with Crippen molar-refractivity contribution in [1.29, 1.82) is 0 Å². The summed E-state index contributed by atoms with van der Waals surface area (Å²) in [4.78, 5) is 0. The van der Waals surface area contributed by atoms with Crippen LogP contribution in [0.5, 0.6) is 0 Å². The first-order valence-electron chi connectivity index (χ1n) is 7.68. The molecule has 1 heterocycles. The van der Waals surface area contributed by atoms with Gasteiger partial charge in [-0.3, -0.25) is 0 Å². The molecule has 0 aliphatic heterocycles. The minimum Gasteiger partial charge on any atom is -0.331 e. The molecule has 1 aromatic carbocycles. The number of hydrogen-bond donors (Lipinski definition) is 1. The summed E-state index contributed by atoms with van der Waals surface area (Å²) in [5.74, 6) is 0.685. The van der Waals surface area contributed by atoms with E-state index in [1.165, 1.54) is 27.7 Å². The molecule has 0 saturated heterocycles. The summed E-state index contributed by atoms with van der Waals surface area (Å²) in [6, 6.07) is 6.54. The van der Waals surface area contributed by atoms with Crippen molar-refractivity contribution < 1.29 is 0 Å². The number of aryl methyl sites for hydroxylation is 2. The molecule has 21 heavy (non-hydrogen) atoms. The Labute approximate surface area is 135 Å². The average Bonchev–Trinajstić information content (AvgIpc) is 2.80. The van der Waals surface area contributed by atoms with E-state index >= 15 is 0 Å². The standard InChI is InChI=1S/C15H17NS.2C2H6/c1-4-5-6-14-12(3)13-9-11(2)7-8-15(13)16(14)10-17;2*1-2/h4-9,17H,1,10H2,2-3H3;2*1-2H3/b6-5-;;. The number of thiol groups is 1. The fourth-order valence-corrected chi connectivity index (χ4v) is 2.49. The molecule has 2 heteroatoms. The van der Waals surface area contributed by atoms with E-state index in [1.54, 1.807) is 6.08 Å². The van der Waals surface area contributed by atoms with E-state index < -0.39 is 0 Å². The highest BCUT2D eigenvalue weighted by Crippen LogP contribution is 2.28. The van der Waals surface area contributed by atoms with Gasteiger partial charge < -0.3 is 4.57 Å². The molecule has 0 fully saturated rings. The van der Waals surface area contributed by atoms with Crippen LogP contribution in [0.15, 0.2) is 36.9 Å². The molecule has 2 rings (SSSR count). The predicted molar refractivity (Wildman–Crippen MR) is 102 cm³/mol. The zero-order chi connectivity index (χ0) is 16.4. The number of benzene rings is 1. The largest absolute Gasteiger partial charge is 0.331 e. The Morgan fingerprint density at radius 2 is 1.76 bits per heavy atom. The minimum absolute atomic E-state index is 0.685. The van der Waals surface area contributed by atoms with Gasteiger partial charge in [-0.05, 0) is 37.6 Å². The molecule has 0 spiro atoms. The molecule has 0 amide bonds. The van der Waals surface area contributed by atoms with Gasteiger partial charge in [0.05, 0.1) is 5.88 Å². The van der Waals surface area contributed by atoms with Crippen LogP contribution < -0.4 is 0 Å². The van der Waals surface area contributed by atoms with Crippen LogP contribution in [0.4, 0.5) is 0 Å².